The lowest BCUT2D eigenvalue weighted by atomic mass is 10.1. The first-order valence-corrected chi connectivity index (χ1v) is 13.1. The van der Waals surface area contributed by atoms with Crippen LogP contribution < -0.4 is 9.57 Å². The second-order valence-electron chi connectivity index (χ2n) is 8.07. The first-order chi connectivity index (χ1) is 17.6. The van der Waals surface area contributed by atoms with Crippen molar-refractivity contribution in [1.82, 2.24) is 9.40 Å². The molecule has 180 valence electrons. The van der Waals surface area contributed by atoms with E-state index < -0.39 is 10.0 Å². The van der Waals surface area contributed by atoms with Crippen LogP contribution in [0.15, 0.2) is 119 Å². The van der Waals surface area contributed by atoms with Crippen molar-refractivity contribution in [2.45, 2.75) is 11.8 Å². The summed E-state index contributed by atoms with van der Waals surface area (Å²) in [5.74, 6) is 0.612. The summed E-state index contributed by atoms with van der Waals surface area (Å²) in [4.78, 5) is 2.47. The molecule has 0 unspecified atom stereocenters. The largest absolute Gasteiger partial charge is 0.494 e. The van der Waals surface area contributed by atoms with Crippen LogP contribution in [-0.2, 0) is 10.0 Å². The van der Waals surface area contributed by atoms with Gasteiger partial charge in [-0.3, -0.25) is 0 Å². The molecule has 0 atom stereocenters. The Balaban J connectivity index is 1.59. The lowest BCUT2D eigenvalue weighted by Gasteiger charge is -2.12. The number of nitrogens with one attached hydrogen (secondary N) is 1. The van der Waals surface area contributed by atoms with E-state index in [-0.39, 0.29) is 4.90 Å². The van der Waals surface area contributed by atoms with E-state index >= 15 is 0 Å². The molecule has 5 rings (SSSR count). The van der Waals surface area contributed by atoms with E-state index in [0.717, 1.165) is 33.4 Å². The molecule has 1 heterocycles. The van der Waals surface area contributed by atoms with Gasteiger partial charge in [0.1, 0.15) is 5.75 Å². The molecular weight excluding hydrogens is 470 g/mol. The summed E-state index contributed by atoms with van der Waals surface area (Å²) >= 11 is 0. The first-order valence-electron chi connectivity index (χ1n) is 11.6. The van der Waals surface area contributed by atoms with Crippen LogP contribution in [0.3, 0.4) is 0 Å². The van der Waals surface area contributed by atoms with Crippen LogP contribution >= 0.6 is 0 Å². The Kier molecular flexibility index (Phi) is 6.56. The Labute approximate surface area is 210 Å². The molecule has 0 fully saturated rings. The Hall–Kier alpha value is -4.36. The fraction of sp³-hybridized carbons (Fsp3) is 0.0690. The second-order valence-corrected chi connectivity index (χ2v) is 9.73. The van der Waals surface area contributed by atoms with Crippen LogP contribution in [0.25, 0.3) is 27.8 Å². The number of hydrazone groups is 1. The Morgan fingerprint density at radius 2 is 1.47 bits per heavy atom. The Bertz CT molecular complexity index is 1610. The fourth-order valence-electron chi connectivity index (χ4n) is 4.22. The lowest BCUT2D eigenvalue weighted by molar-refractivity contribution is 0.340. The molecule has 0 saturated heterocycles. The normalized spacial score (nSPS) is 11.7. The van der Waals surface area contributed by atoms with Gasteiger partial charge in [-0.25, -0.2) is 4.83 Å². The van der Waals surface area contributed by atoms with Gasteiger partial charge in [-0.2, -0.15) is 13.5 Å². The summed E-state index contributed by atoms with van der Waals surface area (Å²) in [7, 11) is -3.85. The molecule has 0 spiro atoms. The van der Waals surface area contributed by atoms with Crippen molar-refractivity contribution in [3.63, 3.8) is 0 Å². The van der Waals surface area contributed by atoms with Crippen molar-refractivity contribution < 1.29 is 13.2 Å². The number of hydrogen-bond acceptors (Lipinski definition) is 4. The van der Waals surface area contributed by atoms with Crippen molar-refractivity contribution in [2.75, 3.05) is 6.61 Å². The van der Waals surface area contributed by atoms with E-state index in [1.807, 2.05) is 73.7 Å². The second kappa shape index (κ2) is 10.1. The van der Waals surface area contributed by atoms with E-state index in [9.17, 15) is 8.42 Å². The Morgan fingerprint density at radius 1 is 0.833 bits per heavy atom. The van der Waals surface area contributed by atoms with Gasteiger partial charge in [-0.1, -0.05) is 66.7 Å². The van der Waals surface area contributed by atoms with Gasteiger partial charge < -0.3 is 9.30 Å². The van der Waals surface area contributed by atoms with Crippen molar-refractivity contribution in [1.29, 1.82) is 0 Å². The summed E-state index contributed by atoms with van der Waals surface area (Å²) in [6, 6.07) is 34.4. The SMILES string of the molecule is CCOc1ccc(S(=O)(=O)N/N=C/c2c(-c3ccccc3)n(-c3ccccc3)c3ccccc23)cc1. The molecule has 0 saturated carbocycles. The van der Waals surface area contributed by atoms with Crippen LogP contribution in [0, 0.1) is 0 Å². The molecule has 0 aliphatic carbocycles. The lowest BCUT2D eigenvalue weighted by Crippen LogP contribution is -2.18. The highest BCUT2D eigenvalue weighted by atomic mass is 32.2. The molecule has 6 nitrogen and oxygen atoms in total. The van der Waals surface area contributed by atoms with Crippen molar-refractivity contribution in [2.24, 2.45) is 5.10 Å². The van der Waals surface area contributed by atoms with Crippen LogP contribution in [0.4, 0.5) is 0 Å². The zero-order valence-corrected chi connectivity index (χ0v) is 20.5. The van der Waals surface area contributed by atoms with Gasteiger partial charge >= 0.3 is 0 Å². The van der Waals surface area contributed by atoms with Gasteiger partial charge in [0.05, 0.1) is 28.9 Å². The number of benzene rings is 4. The maximum absolute atomic E-state index is 12.9. The third kappa shape index (κ3) is 4.61. The minimum Gasteiger partial charge on any atom is -0.494 e. The minimum atomic E-state index is -3.85. The number of para-hydroxylation sites is 2. The van der Waals surface area contributed by atoms with E-state index in [1.54, 1.807) is 18.3 Å². The van der Waals surface area contributed by atoms with Gasteiger partial charge in [-0.05, 0) is 55.0 Å². The molecular formula is C29H25N3O3S. The summed E-state index contributed by atoms with van der Waals surface area (Å²) in [6.07, 6.45) is 1.58. The molecule has 7 heteroatoms. The van der Waals surface area contributed by atoms with Gasteiger partial charge in [-0.15, -0.1) is 0 Å². The van der Waals surface area contributed by atoms with Crippen LogP contribution in [0.1, 0.15) is 12.5 Å². The minimum absolute atomic E-state index is 0.109. The number of nitrogens with zero attached hydrogens (tertiary/aromatic N) is 2. The summed E-state index contributed by atoms with van der Waals surface area (Å²) in [6.45, 7) is 2.38. The van der Waals surface area contributed by atoms with Gasteiger partial charge in [0.15, 0.2) is 0 Å². The predicted molar refractivity (Wildman–Crippen MR) is 144 cm³/mol. The number of ether oxygens (including phenoxy) is 1. The number of rotatable bonds is 8. The summed E-state index contributed by atoms with van der Waals surface area (Å²) < 4.78 is 33.3. The molecule has 4 aromatic carbocycles. The molecule has 36 heavy (non-hydrogen) atoms. The maximum atomic E-state index is 12.9. The zero-order chi connectivity index (χ0) is 25.0. The average Bonchev–Trinajstić information content (AvgIpc) is 3.24. The number of hydrogen-bond donors (Lipinski definition) is 1. The first kappa shape index (κ1) is 23.4. The zero-order valence-electron chi connectivity index (χ0n) is 19.7. The average molecular weight is 496 g/mol. The maximum Gasteiger partial charge on any atom is 0.276 e. The number of fused-ring (bicyclic) bond motifs is 1. The van der Waals surface area contributed by atoms with Crippen LogP contribution in [-0.4, -0.2) is 25.8 Å². The molecule has 0 aliphatic rings. The molecule has 0 bridgehead atoms. The molecule has 0 radical (unpaired) electrons. The van der Waals surface area contributed by atoms with Gasteiger partial charge in [0, 0.05) is 16.6 Å². The van der Waals surface area contributed by atoms with E-state index in [0.29, 0.717) is 12.4 Å². The molecule has 0 aliphatic heterocycles. The number of sulfonamides is 1. The molecule has 1 aromatic heterocycles. The van der Waals surface area contributed by atoms with E-state index in [1.165, 1.54) is 12.1 Å². The van der Waals surface area contributed by atoms with Gasteiger partial charge in [0.2, 0.25) is 0 Å². The molecule has 1 N–H and O–H groups in total. The third-order valence-corrected chi connectivity index (χ3v) is 7.03. The van der Waals surface area contributed by atoms with Crippen molar-refractivity contribution >= 4 is 27.1 Å². The molecule has 5 aromatic rings. The fourth-order valence-corrected chi connectivity index (χ4v) is 5.01. The number of aromatic nitrogens is 1. The topological polar surface area (TPSA) is 72.7 Å². The predicted octanol–water partition coefficient (Wildman–Crippen LogP) is 6.01. The van der Waals surface area contributed by atoms with Crippen molar-refractivity contribution in [3.8, 4) is 22.7 Å². The summed E-state index contributed by atoms with van der Waals surface area (Å²) in [5.41, 5.74) is 4.73. The Morgan fingerprint density at radius 3 is 2.17 bits per heavy atom. The van der Waals surface area contributed by atoms with Crippen LogP contribution in [0.5, 0.6) is 5.75 Å². The highest BCUT2D eigenvalue weighted by molar-refractivity contribution is 7.89. The highest BCUT2D eigenvalue weighted by Crippen LogP contribution is 2.35. The standard InChI is InChI=1S/C29H25N3O3S/c1-2-35-24-17-19-25(20-18-24)36(33,34)31-30-21-27-26-15-9-10-16-28(26)32(23-13-7-4-8-14-23)29(27)22-11-5-3-6-12-22/h3-21,31H,2H2,1H3/b30-21+. The van der Waals surface area contributed by atoms with Crippen LogP contribution in [0.2, 0.25) is 0 Å². The molecule has 0 amide bonds. The van der Waals surface area contributed by atoms with Gasteiger partial charge in [0.25, 0.3) is 10.0 Å². The van der Waals surface area contributed by atoms with Crippen molar-refractivity contribution in [3.05, 3.63) is 115 Å². The third-order valence-electron chi connectivity index (χ3n) is 5.79. The quantitative estimate of drug-likeness (QED) is 0.212. The van der Waals surface area contributed by atoms with E-state index in [4.69, 9.17) is 4.74 Å². The highest BCUT2D eigenvalue weighted by Gasteiger charge is 2.19. The monoisotopic (exact) mass is 495 g/mol. The van der Waals surface area contributed by atoms with E-state index in [2.05, 4.69) is 32.7 Å². The summed E-state index contributed by atoms with van der Waals surface area (Å²) in [5, 5.41) is 5.15. The smallest absolute Gasteiger partial charge is 0.276 e.